The van der Waals surface area contributed by atoms with E-state index in [-0.39, 0.29) is 36.6 Å². The van der Waals surface area contributed by atoms with Crippen molar-refractivity contribution in [2.75, 3.05) is 20.2 Å². The molecule has 1 aliphatic heterocycles. The number of methoxy groups -OCH3 is 1. The van der Waals surface area contributed by atoms with E-state index in [0.717, 1.165) is 29.5 Å². The molecule has 6 nitrogen and oxygen atoms in total. The van der Waals surface area contributed by atoms with Gasteiger partial charge in [-0.2, -0.15) is 0 Å². The van der Waals surface area contributed by atoms with E-state index in [1.165, 1.54) is 5.56 Å². The minimum absolute atomic E-state index is 0.0364. The number of nitrogens with zero attached hydrogens (tertiary/aromatic N) is 1. The molecule has 1 saturated heterocycles. The quantitative estimate of drug-likeness (QED) is 0.425. The molecular weight excluding hydrogens is 452 g/mol. The van der Waals surface area contributed by atoms with Crippen LogP contribution in [-0.2, 0) is 21.4 Å². The number of amides is 2. The Labute approximate surface area is 210 Å². The Morgan fingerprint density at radius 2 is 1.75 bits per heavy atom. The van der Waals surface area contributed by atoms with Crippen molar-refractivity contribution < 1.29 is 19.5 Å². The first-order chi connectivity index (χ1) is 17.6. The average molecular weight is 483 g/mol. The predicted molar refractivity (Wildman–Crippen MR) is 135 cm³/mol. The van der Waals surface area contributed by atoms with Crippen LogP contribution in [0.4, 0.5) is 0 Å². The lowest BCUT2D eigenvalue weighted by Gasteiger charge is -2.59. The van der Waals surface area contributed by atoms with Crippen LogP contribution in [0.2, 0.25) is 0 Å². The molecule has 4 aliphatic rings. The van der Waals surface area contributed by atoms with Gasteiger partial charge in [0.15, 0.2) is 0 Å². The first-order valence-electron chi connectivity index (χ1n) is 12.6. The number of likely N-dealkylation sites (tertiary alicyclic amines) is 1. The maximum Gasteiger partial charge on any atom is 0.252 e. The number of nitrogens with one attached hydrogen (secondary N) is 1. The maximum atomic E-state index is 13.7. The highest BCUT2D eigenvalue weighted by Gasteiger charge is 2.70. The van der Waals surface area contributed by atoms with Gasteiger partial charge >= 0.3 is 0 Å². The first-order valence-corrected chi connectivity index (χ1v) is 12.6. The second-order valence-electron chi connectivity index (χ2n) is 10.3. The predicted octanol–water partition coefficient (Wildman–Crippen LogP) is 4.07. The summed E-state index contributed by atoms with van der Waals surface area (Å²) in [5, 5.41) is 9.97. The number of rotatable bonds is 5. The molecule has 7 rings (SSSR count). The Morgan fingerprint density at radius 1 is 1.03 bits per heavy atom. The highest BCUT2D eigenvalue weighted by molar-refractivity contribution is 5.88. The van der Waals surface area contributed by atoms with Crippen molar-refractivity contribution in [3.8, 4) is 5.75 Å². The lowest BCUT2D eigenvalue weighted by Crippen LogP contribution is -2.62. The number of carbonyl (C=O) groups is 2. The molecule has 36 heavy (non-hydrogen) atoms. The molecule has 2 fully saturated rings. The van der Waals surface area contributed by atoms with Crippen molar-refractivity contribution in [1.29, 1.82) is 0 Å². The van der Waals surface area contributed by atoms with Gasteiger partial charge in [-0.25, -0.2) is 5.48 Å². The van der Waals surface area contributed by atoms with Crippen LogP contribution in [0.3, 0.4) is 0 Å². The monoisotopic (exact) mass is 482 g/mol. The highest BCUT2D eigenvalue weighted by Crippen LogP contribution is 2.68. The van der Waals surface area contributed by atoms with Crippen molar-refractivity contribution in [2.24, 2.45) is 11.3 Å². The van der Waals surface area contributed by atoms with Crippen LogP contribution in [0, 0.1) is 11.3 Å². The number of carbonyl (C=O) groups excluding carboxylic acids is 2. The number of para-hydroxylation sites is 1. The van der Waals surface area contributed by atoms with Gasteiger partial charge in [0.05, 0.1) is 18.9 Å². The van der Waals surface area contributed by atoms with Crippen molar-refractivity contribution >= 4 is 11.8 Å². The number of benzene rings is 3. The van der Waals surface area contributed by atoms with Crippen LogP contribution in [0.25, 0.3) is 0 Å². The summed E-state index contributed by atoms with van der Waals surface area (Å²) in [6.45, 7) is 0.743. The molecule has 0 spiro atoms. The van der Waals surface area contributed by atoms with E-state index in [1.807, 2.05) is 58.9 Å². The summed E-state index contributed by atoms with van der Waals surface area (Å²) in [7, 11) is 1.60. The molecule has 184 valence electrons. The van der Waals surface area contributed by atoms with E-state index in [0.29, 0.717) is 12.3 Å². The molecule has 1 saturated carbocycles. The molecule has 3 aromatic carbocycles. The number of hydrogen-bond acceptors (Lipinski definition) is 4. The summed E-state index contributed by atoms with van der Waals surface area (Å²) in [6, 6.07) is 26.3. The van der Waals surface area contributed by atoms with Crippen LogP contribution < -0.4 is 10.2 Å². The Morgan fingerprint density at radius 3 is 2.53 bits per heavy atom. The van der Waals surface area contributed by atoms with Gasteiger partial charge in [0.1, 0.15) is 5.75 Å². The molecule has 3 aliphatic carbocycles. The van der Waals surface area contributed by atoms with Gasteiger partial charge in [0.25, 0.3) is 5.91 Å². The van der Waals surface area contributed by atoms with Gasteiger partial charge in [-0.1, -0.05) is 72.8 Å². The van der Waals surface area contributed by atoms with E-state index in [9.17, 15) is 14.8 Å². The third-order valence-corrected chi connectivity index (χ3v) is 9.04. The highest BCUT2D eigenvalue weighted by atomic mass is 16.5. The largest absolute Gasteiger partial charge is 0.496 e. The van der Waals surface area contributed by atoms with Gasteiger partial charge < -0.3 is 9.64 Å². The summed E-state index contributed by atoms with van der Waals surface area (Å²) < 4.78 is 5.47. The Bertz CT molecular complexity index is 1330. The zero-order chi connectivity index (χ0) is 24.9. The maximum absolute atomic E-state index is 13.7. The van der Waals surface area contributed by atoms with Crippen LogP contribution in [0.5, 0.6) is 5.75 Å². The first kappa shape index (κ1) is 22.8. The molecule has 0 radical (unpaired) electrons. The standard InChI is InChI=1S/C30H30N2O4/c1-36-25-14-8-5-9-20(25)17-27(33)32-18-26-29(21-10-3-2-4-11-21)16-15-24(22-12-6-7-13-23(22)29)30(26,19-32)28(34)31-35/h2-14,24,26,35H,15-19H2,1H3,(H,31,34). The van der Waals surface area contributed by atoms with Crippen molar-refractivity contribution in [2.45, 2.75) is 30.6 Å². The molecule has 1 heterocycles. The Hall–Kier alpha value is -3.64. The third-order valence-electron chi connectivity index (χ3n) is 9.04. The molecular formula is C30H30N2O4. The normalized spacial score (nSPS) is 27.8. The number of hydroxylamine groups is 1. The number of hydrogen-bond donors (Lipinski definition) is 2. The molecule has 2 bridgehead atoms. The number of fused-ring (bicyclic) bond motifs is 1. The molecule has 2 amide bonds. The fourth-order valence-electron chi connectivity index (χ4n) is 7.63. The number of ether oxygens (including phenoxy) is 1. The fourth-order valence-corrected chi connectivity index (χ4v) is 7.63. The third kappa shape index (κ3) is 3.00. The Balaban J connectivity index is 1.48. The molecule has 4 atom stereocenters. The summed E-state index contributed by atoms with van der Waals surface area (Å²) >= 11 is 0. The van der Waals surface area contributed by atoms with Gasteiger partial charge in [-0.15, -0.1) is 0 Å². The van der Waals surface area contributed by atoms with Crippen LogP contribution in [-0.4, -0.2) is 42.1 Å². The Kier molecular flexibility index (Phi) is 5.38. The van der Waals surface area contributed by atoms with E-state index in [2.05, 4.69) is 30.3 Å². The zero-order valence-corrected chi connectivity index (χ0v) is 20.3. The lowest BCUT2D eigenvalue weighted by molar-refractivity contribution is -0.148. The van der Waals surface area contributed by atoms with Crippen molar-refractivity contribution in [3.05, 3.63) is 101 Å². The van der Waals surface area contributed by atoms with Crippen LogP contribution in [0.15, 0.2) is 78.9 Å². The van der Waals surface area contributed by atoms with E-state index < -0.39 is 10.8 Å². The van der Waals surface area contributed by atoms with Gasteiger partial charge in [-0.3, -0.25) is 14.8 Å². The van der Waals surface area contributed by atoms with Crippen molar-refractivity contribution in [1.82, 2.24) is 10.4 Å². The van der Waals surface area contributed by atoms with Gasteiger partial charge in [0, 0.05) is 35.9 Å². The minimum Gasteiger partial charge on any atom is -0.496 e. The molecule has 2 N–H and O–H groups in total. The van der Waals surface area contributed by atoms with Crippen LogP contribution >= 0.6 is 0 Å². The second kappa shape index (κ2) is 8.49. The molecule has 3 aromatic rings. The smallest absolute Gasteiger partial charge is 0.252 e. The summed E-state index contributed by atoms with van der Waals surface area (Å²) in [5.74, 6) is 0.0270. The SMILES string of the molecule is COc1ccccc1CC(=O)N1CC2C3(c4ccccc4)CCC(c4ccccc43)C2(C(=O)NO)C1. The van der Waals surface area contributed by atoms with Gasteiger partial charge in [0.2, 0.25) is 5.91 Å². The van der Waals surface area contributed by atoms with E-state index in [4.69, 9.17) is 4.74 Å². The van der Waals surface area contributed by atoms with Crippen molar-refractivity contribution in [3.63, 3.8) is 0 Å². The van der Waals surface area contributed by atoms with Crippen LogP contribution in [0.1, 0.15) is 41.0 Å². The molecule has 0 aromatic heterocycles. The fraction of sp³-hybridized carbons (Fsp3) is 0.333. The molecule has 4 unspecified atom stereocenters. The summed E-state index contributed by atoms with van der Waals surface area (Å²) in [6.07, 6.45) is 1.92. The molecule has 6 heteroatoms. The minimum atomic E-state index is -0.909. The summed E-state index contributed by atoms with van der Waals surface area (Å²) in [4.78, 5) is 29.2. The van der Waals surface area contributed by atoms with Gasteiger partial charge in [-0.05, 0) is 35.6 Å². The summed E-state index contributed by atoms with van der Waals surface area (Å²) in [5.41, 5.74) is 5.08. The van der Waals surface area contributed by atoms with E-state index in [1.54, 1.807) is 7.11 Å². The zero-order valence-electron chi connectivity index (χ0n) is 20.3. The lowest BCUT2D eigenvalue weighted by atomic mass is 9.42. The average Bonchev–Trinajstić information content (AvgIpc) is 3.37. The van der Waals surface area contributed by atoms with E-state index >= 15 is 0 Å². The second-order valence-corrected chi connectivity index (χ2v) is 10.3. The topological polar surface area (TPSA) is 78.9 Å².